The van der Waals surface area contributed by atoms with E-state index in [0.29, 0.717) is 12.3 Å². The van der Waals surface area contributed by atoms with Crippen molar-refractivity contribution in [2.24, 2.45) is 11.7 Å². The molecule has 1 aliphatic carbocycles. The number of nitrogens with two attached hydrogens (primary N) is 1. The van der Waals surface area contributed by atoms with Gasteiger partial charge in [-0.2, -0.15) is 5.10 Å². The lowest BCUT2D eigenvalue weighted by Crippen LogP contribution is -2.35. The van der Waals surface area contributed by atoms with E-state index in [0.717, 1.165) is 24.2 Å². The van der Waals surface area contributed by atoms with Crippen LogP contribution in [0.1, 0.15) is 32.1 Å². The van der Waals surface area contributed by atoms with Crippen molar-refractivity contribution in [2.45, 2.75) is 38.1 Å². The molecule has 22 heavy (non-hydrogen) atoms. The van der Waals surface area contributed by atoms with E-state index in [-0.39, 0.29) is 11.9 Å². The van der Waals surface area contributed by atoms with Crippen LogP contribution in [0.25, 0.3) is 5.69 Å². The first-order valence-electron chi connectivity index (χ1n) is 7.88. The molecular weight excluding hydrogens is 276 g/mol. The van der Waals surface area contributed by atoms with Crippen LogP contribution in [0, 0.1) is 5.92 Å². The second-order valence-corrected chi connectivity index (χ2v) is 5.96. The third-order valence-electron chi connectivity index (χ3n) is 4.31. The van der Waals surface area contributed by atoms with Crippen molar-refractivity contribution in [1.29, 1.82) is 0 Å². The van der Waals surface area contributed by atoms with Crippen molar-refractivity contribution in [3.63, 3.8) is 0 Å². The molecule has 0 saturated heterocycles. The van der Waals surface area contributed by atoms with E-state index in [1.807, 2.05) is 36.5 Å². The molecule has 1 aromatic carbocycles. The van der Waals surface area contributed by atoms with Gasteiger partial charge in [-0.25, -0.2) is 4.68 Å². The van der Waals surface area contributed by atoms with Crippen LogP contribution < -0.4 is 11.1 Å². The van der Waals surface area contributed by atoms with Crippen LogP contribution in [0.4, 0.5) is 5.69 Å². The van der Waals surface area contributed by atoms with Gasteiger partial charge in [0.2, 0.25) is 5.91 Å². The molecule has 0 spiro atoms. The van der Waals surface area contributed by atoms with Crippen molar-refractivity contribution in [2.75, 3.05) is 5.32 Å². The minimum Gasteiger partial charge on any atom is -0.327 e. The quantitative estimate of drug-likeness (QED) is 0.911. The van der Waals surface area contributed by atoms with Crippen molar-refractivity contribution in [1.82, 2.24) is 9.78 Å². The van der Waals surface area contributed by atoms with Crippen LogP contribution >= 0.6 is 0 Å². The molecule has 1 aromatic heterocycles. The Hall–Kier alpha value is -2.14. The first-order chi connectivity index (χ1) is 10.7. The van der Waals surface area contributed by atoms with Gasteiger partial charge in [0.15, 0.2) is 0 Å². The normalized spacial score (nSPS) is 21.5. The Morgan fingerprint density at radius 3 is 2.95 bits per heavy atom. The van der Waals surface area contributed by atoms with Crippen LogP contribution in [-0.4, -0.2) is 21.7 Å². The second kappa shape index (κ2) is 6.75. The Labute approximate surface area is 130 Å². The highest BCUT2D eigenvalue weighted by Gasteiger charge is 2.24. The largest absolute Gasteiger partial charge is 0.327 e. The van der Waals surface area contributed by atoms with Gasteiger partial charge in [-0.3, -0.25) is 4.79 Å². The average molecular weight is 298 g/mol. The van der Waals surface area contributed by atoms with E-state index < -0.39 is 0 Å². The van der Waals surface area contributed by atoms with Crippen molar-refractivity contribution in [3.8, 4) is 5.69 Å². The summed E-state index contributed by atoms with van der Waals surface area (Å²) < 4.78 is 1.77. The number of nitrogens with zero attached hydrogens (tertiary/aromatic N) is 2. The number of amides is 1. The monoisotopic (exact) mass is 298 g/mol. The van der Waals surface area contributed by atoms with Gasteiger partial charge in [0.05, 0.1) is 5.69 Å². The number of aromatic nitrogens is 2. The molecule has 2 atom stereocenters. The summed E-state index contributed by atoms with van der Waals surface area (Å²) in [6.45, 7) is 0. The summed E-state index contributed by atoms with van der Waals surface area (Å²) in [5.74, 6) is 0.350. The zero-order valence-electron chi connectivity index (χ0n) is 12.6. The Kier molecular flexibility index (Phi) is 4.53. The predicted octanol–water partition coefficient (Wildman–Crippen LogP) is 2.72. The average Bonchev–Trinajstić information content (AvgIpc) is 3.04. The summed E-state index contributed by atoms with van der Waals surface area (Å²) in [5, 5.41) is 7.17. The second-order valence-electron chi connectivity index (χ2n) is 5.96. The number of rotatable bonds is 4. The number of benzene rings is 1. The summed E-state index contributed by atoms with van der Waals surface area (Å²) in [6.07, 6.45) is 8.57. The summed E-state index contributed by atoms with van der Waals surface area (Å²) >= 11 is 0. The molecule has 2 aromatic rings. The van der Waals surface area contributed by atoms with Gasteiger partial charge in [-0.1, -0.05) is 18.9 Å². The number of hydrogen-bond acceptors (Lipinski definition) is 3. The van der Waals surface area contributed by atoms with Gasteiger partial charge < -0.3 is 11.1 Å². The van der Waals surface area contributed by atoms with E-state index in [4.69, 9.17) is 5.73 Å². The SMILES string of the molecule is NC1CCCCC1CC(=O)Nc1cccc(-n2cccn2)c1. The van der Waals surface area contributed by atoms with Gasteiger partial charge in [0, 0.05) is 30.5 Å². The summed E-state index contributed by atoms with van der Waals surface area (Å²) in [5.41, 5.74) is 7.84. The van der Waals surface area contributed by atoms with Crippen LogP contribution in [0.3, 0.4) is 0 Å². The predicted molar refractivity (Wildman–Crippen MR) is 86.7 cm³/mol. The number of hydrogen-bond donors (Lipinski definition) is 2. The van der Waals surface area contributed by atoms with Crippen LogP contribution in [0.5, 0.6) is 0 Å². The lowest BCUT2D eigenvalue weighted by atomic mass is 9.83. The minimum atomic E-state index is 0.0416. The van der Waals surface area contributed by atoms with E-state index in [2.05, 4.69) is 10.4 Å². The van der Waals surface area contributed by atoms with Gasteiger partial charge in [0.1, 0.15) is 0 Å². The third-order valence-corrected chi connectivity index (χ3v) is 4.31. The molecule has 5 heteroatoms. The highest BCUT2D eigenvalue weighted by Crippen LogP contribution is 2.26. The maximum atomic E-state index is 12.2. The Morgan fingerprint density at radius 2 is 2.18 bits per heavy atom. The first kappa shape index (κ1) is 14.8. The number of anilines is 1. The lowest BCUT2D eigenvalue weighted by Gasteiger charge is -2.27. The minimum absolute atomic E-state index is 0.0416. The van der Waals surface area contributed by atoms with Gasteiger partial charge in [-0.15, -0.1) is 0 Å². The molecule has 1 fully saturated rings. The molecule has 1 aliphatic rings. The van der Waals surface area contributed by atoms with Crippen molar-refractivity contribution < 1.29 is 4.79 Å². The third kappa shape index (κ3) is 3.54. The van der Waals surface area contributed by atoms with Crippen molar-refractivity contribution >= 4 is 11.6 Å². The first-order valence-corrected chi connectivity index (χ1v) is 7.88. The zero-order chi connectivity index (χ0) is 15.4. The Balaban J connectivity index is 1.63. The van der Waals surface area contributed by atoms with E-state index in [1.165, 1.54) is 12.8 Å². The lowest BCUT2D eigenvalue weighted by molar-refractivity contribution is -0.117. The van der Waals surface area contributed by atoms with Crippen LogP contribution in [0.2, 0.25) is 0 Å². The number of nitrogens with one attached hydrogen (secondary N) is 1. The van der Waals surface area contributed by atoms with E-state index in [9.17, 15) is 4.79 Å². The fourth-order valence-corrected chi connectivity index (χ4v) is 3.09. The number of carbonyl (C=O) groups excluding carboxylic acids is 1. The smallest absolute Gasteiger partial charge is 0.224 e. The molecule has 3 rings (SSSR count). The van der Waals surface area contributed by atoms with E-state index in [1.54, 1.807) is 10.9 Å². The highest BCUT2D eigenvalue weighted by atomic mass is 16.1. The Morgan fingerprint density at radius 1 is 1.32 bits per heavy atom. The number of carbonyl (C=O) groups is 1. The van der Waals surface area contributed by atoms with Gasteiger partial charge >= 0.3 is 0 Å². The molecule has 2 unspecified atom stereocenters. The van der Waals surface area contributed by atoms with E-state index >= 15 is 0 Å². The van der Waals surface area contributed by atoms with Crippen molar-refractivity contribution in [3.05, 3.63) is 42.7 Å². The fraction of sp³-hybridized carbons (Fsp3) is 0.412. The Bertz CT molecular complexity index is 623. The maximum Gasteiger partial charge on any atom is 0.224 e. The van der Waals surface area contributed by atoms with Gasteiger partial charge in [-0.05, 0) is 43.0 Å². The summed E-state index contributed by atoms with van der Waals surface area (Å²) in [6, 6.07) is 9.72. The molecule has 1 amide bonds. The van der Waals surface area contributed by atoms with Crippen LogP contribution in [-0.2, 0) is 4.79 Å². The van der Waals surface area contributed by atoms with Gasteiger partial charge in [0.25, 0.3) is 0 Å². The topological polar surface area (TPSA) is 72.9 Å². The molecule has 3 N–H and O–H groups in total. The molecule has 116 valence electrons. The maximum absolute atomic E-state index is 12.2. The molecule has 1 heterocycles. The summed E-state index contributed by atoms with van der Waals surface area (Å²) in [4.78, 5) is 12.2. The summed E-state index contributed by atoms with van der Waals surface area (Å²) in [7, 11) is 0. The molecule has 0 bridgehead atoms. The molecular formula is C17H22N4O. The fourth-order valence-electron chi connectivity index (χ4n) is 3.09. The standard InChI is InChI=1S/C17H22N4O/c18-16-8-2-1-5-13(16)11-17(22)20-14-6-3-7-15(12-14)21-10-4-9-19-21/h3-4,6-7,9-10,12-13,16H,1-2,5,8,11,18H2,(H,20,22). The molecule has 5 nitrogen and oxygen atoms in total. The zero-order valence-corrected chi connectivity index (χ0v) is 12.6. The molecule has 1 saturated carbocycles. The highest BCUT2D eigenvalue weighted by molar-refractivity contribution is 5.91. The molecule has 0 aliphatic heterocycles. The molecule has 0 radical (unpaired) electrons. The van der Waals surface area contributed by atoms with Crippen LogP contribution in [0.15, 0.2) is 42.7 Å².